The van der Waals surface area contributed by atoms with Crippen molar-refractivity contribution in [3.8, 4) is 5.75 Å². The van der Waals surface area contributed by atoms with Crippen molar-refractivity contribution in [3.05, 3.63) is 51.7 Å². The van der Waals surface area contributed by atoms with Crippen LogP contribution in [0.2, 0.25) is 0 Å². The van der Waals surface area contributed by atoms with Crippen LogP contribution in [0, 0.1) is 0 Å². The van der Waals surface area contributed by atoms with Crippen LogP contribution >= 0.6 is 11.3 Å². The van der Waals surface area contributed by atoms with Gasteiger partial charge in [0.15, 0.2) is 0 Å². The van der Waals surface area contributed by atoms with E-state index in [2.05, 4.69) is 19.1 Å². The Hall–Kier alpha value is -1.32. The Morgan fingerprint density at radius 2 is 1.89 bits per heavy atom. The Bertz CT molecular complexity index is 503. The molecule has 0 aliphatic carbocycles. The molecule has 1 atom stereocenters. The van der Waals surface area contributed by atoms with Crippen LogP contribution in [0.15, 0.2) is 36.4 Å². The second-order valence-electron chi connectivity index (χ2n) is 4.22. The number of thiophene rings is 1. The molecule has 2 rings (SSSR count). The molecule has 0 aliphatic heterocycles. The van der Waals surface area contributed by atoms with Crippen molar-refractivity contribution < 1.29 is 9.84 Å². The molecule has 0 unspecified atom stereocenters. The molecule has 1 N–H and O–H groups in total. The van der Waals surface area contributed by atoms with Gasteiger partial charge < -0.3 is 9.84 Å². The molecule has 3 heteroatoms. The van der Waals surface area contributed by atoms with Crippen LogP contribution in [0.4, 0.5) is 0 Å². The minimum Gasteiger partial charge on any atom is -0.488 e. The van der Waals surface area contributed by atoms with Gasteiger partial charge in [-0.1, -0.05) is 25.1 Å². The van der Waals surface area contributed by atoms with Gasteiger partial charge in [-0.15, -0.1) is 11.3 Å². The fourth-order valence-electron chi connectivity index (χ4n) is 1.80. The number of hydrogen-bond donors (Lipinski definition) is 1. The van der Waals surface area contributed by atoms with Gasteiger partial charge in [0.05, 0.1) is 6.10 Å². The first-order valence-electron chi connectivity index (χ1n) is 6.18. The van der Waals surface area contributed by atoms with Crippen LogP contribution in [0.3, 0.4) is 0 Å². The van der Waals surface area contributed by atoms with Gasteiger partial charge in [-0.3, -0.25) is 0 Å². The molecule has 0 amide bonds. The minimum absolute atomic E-state index is 0.504. The summed E-state index contributed by atoms with van der Waals surface area (Å²) in [5.74, 6) is 0.763. The van der Waals surface area contributed by atoms with Crippen molar-refractivity contribution >= 4 is 11.3 Å². The molecule has 1 aromatic carbocycles. The van der Waals surface area contributed by atoms with E-state index >= 15 is 0 Å². The van der Waals surface area contributed by atoms with Gasteiger partial charge in [0, 0.05) is 15.3 Å². The number of ether oxygens (including phenoxy) is 1. The van der Waals surface area contributed by atoms with Crippen molar-refractivity contribution in [1.82, 2.24) is 0 Å². The largest absolute Gasteiger partial charge is 0.488 e. The highest BCUT2D eigenvalue weighted by Gasteiger charge is 2.08. The molecule has 0 bridgehead atoms. The Morgan fingerprint density at radius 1 is 1.17 bits per heavy atom. The number of rotatable bonds is 5. The van der Waals surface area contributed by atoms with Gasteiger partial charge in [-0.05, 0) is 31.5 Å². The summed E-state index contributed by atoms with van der Waals surface area (Å²) in [7, 11) is 0. The molecular weight excluding hydrogens is 244 g/mol. The SMILES string of the molecule is CCc1ccc(COc2ccccc2[C@H](C)O)s1. The lowest BCUT2D eigenvalue weighted by Gasteiger charge is -2.12. The van der Waals surface area contributed by atoms with Crippen LogP contribution in [-0.4, -0.2) is 5.11 Å². The summed E-state index contributed by atoms with van der Waals surface area (Å²) in [6.45, 7) is 4.47. The minimum atomic E-state index is -0.504. The number of aliphatic hydroxyl groups is 1. The lowest BCUT2D eigenvalue weighted by Crippen LogP contribution is -1.99. The Kier molecular flexibility index (Phi) is 4.39. The van der Waals surface area contributed by atoms with Crippen molar-refractivity contribution in [2.45, 2.75) is 33.0 Å². The Morgan fingerprint density at radius 3 is 2.56 bits per heavy atom. The van der Waals surface area contributed by atoms with E-state index < -0.39 is 6.10 Å². The highest BCUT2D eigenvalue weighted by Crippen LogP contribution is 2.26. The average molecular weight is 262 g/mol. The molecule has 1 aromatic heterocycles. The zero-order valence-electron chi connectivity index (χ0n) is 10.7. The van der Waals surface area contributed by atoms with E-state index in [4.69, 9.17) is 4.74 Å². The van der Waals surface area contributed by atoms with Gasteiger partial charge >= 0.3 is 0 Å². The van der Waals surface area contributed by atoms with E-state index in [9.17, 15) is 5.11 Å². The Balaban J connectivity index is 2.05. The molecule has 0 saturated carbocycles. The van der Waals surface area contributed by atoms with Crippen molar-refractivity contribution in [3.63, 3.8) is 0 Å². The summed E-state index contributed by atoms with van der Waals surface area (Å²) in [5.41, 5.74) is 0.838. The van der Waals surface area contributed by atoms with E-state index in [0.29, 0.717) is 6.61 Å². The maximum absolute atomic E-state index is 9.67. The maximum atomic E-state index is 9.67. The van der Waals surface area contributed by atoms with E-state index in [1.54, 1.807) is 18.3 Å². The molecule has 0 spiro atoms. The molecule has 96 valence electrons. The number of aliphatic hydroxyl groups excluding tert-OH is 1. The summed E-state index contributed by atoms with van der Waals surface area (Å²) >= 11 is 1.78. The van der Waals surface area contributed by atoms with Gasteiger partial charge in [0.25, 0.3) is 0 Å². The van der Waals surface area contributed by atoms with Crippen LogP contribution in [-0.2, 0) is 13.0 Å². The van der Waals surface area contributed by atoms with Gasteiger partial charge in [-0.2, -0.15) is 0 Å². The molecule has 2 aromatic rings. The fraction of sp³-hybridized carbons (Fsp3) is 0.333. The normalized spacial score (nSPS) is 12.4. The molecule has 0 radical (unpaired) electrons. The molecule has 0 fully saturated rings. The molecule has 0 saturated heterocycles. The quantitative estimate of drug-likeness (QED) is 0.884. The first-order chi connectivity index (χ1) is 8.70. The van der Waals surface area contributed by atoms with E-state index in [-0.39, 0.29) is 0 Å². The summed E-state index contributed by atoms with van der Waals surface area (Å²) in [4.78, 5) is 2.59. The summed E-state index contributed by atoms with van der Waals surface area (Å²) in [6, 6.07) is 11.9. The monoisotopic (exact) mass is 262 g/mol. The van der Waals surface area contributed by atoms with Crippen molar-refractivity contribution in [2.75, 3.05) is 0 Å². The van der Waals surface area contributed by atoms with Gasteiger partial charge in [0.1, 0.15) is 12.4 Å². The maximum Gasteiger partial charge on any atom is 0.125 e. The van der Waals surface area contributed by atoms with E-state index in [1.165, 1.54) is 9.75 Å². The molecule has 0 aliphatic rings. The highest BCUT2D eigenvalue weighted by molar-refractivity contribution is 7.11. The first-order valence-corrected chi connectivity index (χ1v) is 6.99. The molecule has 2 nitrogen and oxygen atoms in total. The zero-order valence-corrected chi connectivity index (χ0v) is 11.5. The number of benzene rings is 1. The second-order valence-corrected chi connectivity index (χ2v) is 5.48. The second kappa shape index (κ2) is 6.03. The lowest BCUT2D eigenvalue weighted by atomic mass is 10.1. The third kappa shape index (κ3) is 3.12. The highest BCUT2D eigenvalue weighted by atomic mass is 32.1. The number of para-hydroxylation sites is 1. The number of aryl methyl sites for hydroxylation is 1. The predicted molar refractivity (Wildman–Crippen MR) is 75.1 cm³/mol. The van der Waals surface area contributed by atoms with Crippen LogP contribution < -0.4 is 4.74 Å². The standard InChI is InChI=1S/C15H18O2S/c1-3-12-8-9-13(18-12)10-17-15-7-5-4-6-14(15)11(2)16/h4-9,11,16H,3,10H2,1-2H3/t11-/m0/s1. The van der Waals surface area contributed by atoms with Gasteiger partial charge in [-0.25, -0.2) is 0 Å². The average Bonchev–Trinajstić information content (AvgIpc) is 2.84. The van der Waals surface area contributed by atoms with E-state index in [0.717, 1.165) is 17.7 Å². The fourth-order valence-corrected chi connectivity index (χ4v) is 2.67. The molecule has 18 heavy (non-hydrogen) atoms. The Labute approximate surface area is 112 Å². The summed E-state index contributed by atoms with van der Waals surface area (Å²) < 4.78 is 5.79. The number of hydrogen-bond acceptors (Lipinski definition) is 3. The van der Waals surface area contributed by atoms with Crippen molar-refractivity contribution in [2.24, 2.45) is 0 Å². The lowest BCUT2D eigenvalue weighted by molar-refractivity contribution is 0.190. The third-order valence-electron chi connectivity index (χ3n) is 2.80. The van der Waals surface area contributed by atoms with Crippen LogP contribution in [0.5, 0.6) is 5.75 Å². The summed E-state index contributed by atoms with van der Waals surface area (Å²) in [6.07, 6.45) is 0.560. The molecule has 1 heterocycles. The summed E-state index contributed by atoms with van der Waals surface area (Å²) in [5, 5.41) is 9.67. The third-order valence-corrected chi connectivity index (χ3v) is 4.01. The zero-order chi connectivity index (χ0) is 13.0. The van der Waals surface area contributed by atoms with Crippen LogP contribution in [0.1, 0.15) is 35.3 Å². The van der Waals surface area contributed by atoms with E-state index in [1.807, 2.05) is 24.3 Å². The smallest absolute Gasteiger partial charge is 0.125 e. The van der Waals surface area contributed by atoms with Crippen LogP contribution in [0.25, 0.3) is 0 Å². The predicted octanol–water partition coefficient (Wildman–Crippen LogP) is 3.94. The molecular formula is C15H18O2S. The first kappa shape index (κ1) is 13.1. The van der Waals surface area contributed by atoms with Gasteiger partial charge in [0.2, 0.25) is 0 Å². The topological polar surface area (TPSA) is 29.5 Å². The van der Waals surface area contributed by atoms with Crippen molar-refractivity contribution in [1.29, 1.82) is 0 Å².